The quantitative estimate of drug-likeness (QED) is 0.695. The average molecular weight is 351 g/mol. The van der Waals surface area contributed by atoms with Crippen molar-refractivity contribution in [3.05, 3.63) is 42.1 Å². The molecule has 0 bridgehead atoms. The number of anilines is 1. The zero-order valence-electron chi connectivity index (χ0n) is 13.9. The average Bonchev–Trinajstić information content (AvgIpc) is 3.03. The van der Waals surface area contributed by atoms with Crippen LogP contribution in [0, 0.1) is 11.8 Å². The predicted molar refractivity (Wildman–Crippen MR) is 101 cm³/mol. The smallest absolute Gasteiger partial charge is 0.317 e. The van der Waals surface area contributed by atoms with Gasteiger partial charge in [-0.1, -0.05) is 24.0 Å². The predicted octanol–water partition coefficient (Wildman–Crippen LogP) is 2.56. The first-order chi connectivity index (χ1) is 12.0. The van der Waals surface area contributed by atoms with Crippen molar-refractivity contribution >= 4 is 33.4 Å². The van der Waals surface area contributed by atoms with Crippen molar-refractivity contribution in [1.29, 1.82) is 0 Å². The Hall–Kier alpha value is -3.11. The van der Waals surface area contributed by atoms with E-state index in [0.29, 0.717) is 5.82 Å². The highest BCUT2D eigenvalue weighted by Crippen LogP contribution is 2.32. The molecular weight excluding hydrogens is 334 g/mol. The lowest BCUT2D eigenvalue weighted by Gasteiger charge is -2.09. The molecule has 3 rings (SSSR count). The van der Waals surface area contributed by atoms with Crippen LogP contribution in [0.15, 0.2) is 36.5 Å². The van der Waals surface area contributed by atoms with E-state index in [0.717, 1.165) is 26.4 Å². The molecule has 0 fully saturated rings. The van der Waals surface area contributed by atoms with Crippen molar-refractivity contribution in [1.82, 2.24) is 20.2 Å². The minimum Gasteiger partial charge on any atom is -0.383 e. The summed E-state index contributed by atoms with van der Waals surface area (Å²) >= 11 is 1.57. The summed E-state index contributed by atoms with van der Waals surface area (Å²) in [5, 5.41) is 3.50. The maximum Gasteiger partial charge on any atom is 0.317 e. The van der Waals surface area contributed by atoms with Crippen LogP contribution in [-0.2, 0) is 0 Å². The number of nitrogens with two attached hydrogens (primary N) is 1. The van der Waals surface area contributed by atoms with Gasteiger partial charge in [-0.25, -0.2) is 14.8 Å². The molecule has 3 N–H and O–H groups in total. The molecule has 0 spiro atoms. The highest BCUT2D eigenvalue weighted by Gasteiger charge is 2.10. The number of carbonyl (C=O) groups is 1. The molecule has 0 aliphatic rings. The highest BCUT2D eigenvalue weighted by molar-refractivity contribution is 7.21. The number of benzene rings is 1. The SMILES string of the molecule is CN(C)C(=O)NCC#Cc1cnc(N)c(-c2nc3ccccc3s2)c1. The number of urea groups is 1. The second-order valence-electron chi connectivity index (χ2n) is 5.50. The first kappa shape index (κ1) is 16.7. The molecule has 3 aromatic rings. The van der Waals surface area contributed by atoms with E-state index in [1.807, 2.05) is 30.3 Å². The topological polar surface area (TPSA) is 84.1 Å². The molecule has 7 heteroatoms. The summed E-state index contributed by atoms with van der Waals surface area (Å²) in [5.74, 6) is 6.31. The fourth-order valence-corrected chi connectivity index (χ4v) is 3.12. The molecule has 0 aliphatic heterocycles. The van der Waals surface area contributed by atoms with Crippen molar-refractivity contribution in [2.24, 2.45) is 0 Å². The number of nitrogens with one attached hydrogen (secondary N) is 1. The Morgan fingerprint density at radius 3 is 2.92 bits per heavy atom. The first-order valence-electron chi connectivity index (χ1n) is 7.60. The Morgan fingerprint density at radius 2 is 2.16 bits per heavy atom. The van der Waals surface area contributed by atoms with Crippen LogP contribution in [0.2, 0.25) is 0 Å². The minimum absolute atomic E-state index is 0.181. The maximum atomic E-state index is 11.4. The van der Waals surface area contributed by atoms with Crippen molar-refractivity contribution < 1.29 is 4.79 Å². The van der Waals surface area contributed by atoms with E-state index < -0.39 is 0 Å². The van der Waals surface area contributed by atoms with Gasteiger partial charge in [0.2, 0.25) is 0 Å². The van der Waals surface area contributed by atoms with Crippen molar-refractivity contribution in [2.45, 2.75) is 0 Å². The molecule has 0 saturated heterocycles. The Balaban J connectivity index is 1.82. The second-order valence-corrected chi connectivity index (χ2v) is 6.53. The Bertz CT molecular complexity index is 951. The highest BCUT2D eigenvalue weighted by atomic mass is 32.1. The van der Waals surface area contributed by atoms with Gasteiger partial charge in [-0.3, -0.25) is 0 Å². The molecule has 1 aromatic carbocycles. The maximum absolute atomic E-state index is 11.4. The van der Waals surface area contributed by atoms with Gasteiger partial charge in [0.25, 0.3) is 0 Å². The zero-order valence-corrected chi connectivity index (χ0v) is 14.7. The zero-order chi connectivity index (χ0) is 17.8. The standard InChI is InChI=1S/C18H17N5OS/c1-23(2)18(24)20-9-5-6-12-10-13(16(19)21-11-12)17-22-14-7-3-4-8-15(14)25-17/h3-4,7-8,10-11H,9H2,1-2H3,(H2,19,21)(H,20,24). The number of hydrogen-bond donors (Lipinski definition) is 2. The first-order valence-corrected chi connectivity index (χ1v) is 8.42. The lowest BCUT2D eigenvalue weighted by molar-refractivity contribution is 0.219. The van der Waals surface area contributed by atoms with Gasteiger partial charge in [-0.15, -0.1) is 11.3 Å². The summed E-state index contributed by atoms with van der Waals surface area (Å²) in [6.07, 6.45) is 1.62. The van der Waals surface area contributed by atoms with Crippen LogP contribution in [0.5, 0.6) is 0 Å². The molecule has 0 aliphatic carbocycles. The summed E-state index contributed by atoms with van der Waals surface area (Å²) in [7, 11) is 3.36. The Morgan fingerprint density at radius 1 is 1.36 bits per heavy atom. The van der Waals surface area contributed by atoms with Crippen LogP contribution in [0.3, 0.4) is 0 Å². The molecule has 126 valence electrons. The third-order valence-corrected chi connectivity index (χ3v) is 4.48. The minimum atomic E-state index is -0.181. The van der Waals surface area contributed by atoms with E-state index in [9.17, 15) is 4.79 Å². The monoisotopic (exact) mass is 351 g/mol. The van der Waals surface area contributed by atoms with Crippen molar-refractivity contribution in [3.8, 4) is 22.4 Å². The largest absolute Gasteiger partial charge is 0.383 e. The fourth-order valence-electron chi connectivity index (χ4n) is 2.13. The van der Waals surface area contributed by atoms with Gasteiger partial charge in [-0.05, 0) is 18.2 Å². The molecule has 0 radical (unpaired) electrons. The number of pyridine rings is 1. The van der Waals surface area contributed by atoms with Crippen LogP contribution in [0.25, 0.3) is 20.8 Å². The van der Waals surface area contributed by atoms with Crippen LogP contribution in [-0.4, -0.2) is 41.5 Å². The number of hydrogen-bond acceptors (Lipinski definition) is 5. The molecule has 0 unspecified atom stereocenters. The third kappa shape index (κ3) is 3.87. The lowest BCUT2D eigenvalue weighted by Crippen LogP contribution is -2.34. The van der Waals surface area contributed by atoms with Gasteiger partial charge in [0.1, 0.15) is 10.8 Å². The van der Waals surface area contributed by atoms with Gasteiger partial charge in [0.05, 0.1) is 22.3 Å². The summed E-state index contributed by atoms with van der Waals surface area (Å²) in [4.78, 5) is 21.7. The number of rotatable bonds is 2. The van der Waals surface area contributed by atoms with Crippen LogP contribution in [0.4, 0.5) is 10.6 Å². The lowest BCUT2D eigenvalue weighted by atomic mass is 10.2. The molecule has 2 aromatic heterocycles. The van der Waals surface area contributed by atoms with Crippen LogP contribution >= 0.6 is 11.3 Å². The number of amides is 2. The summed E-state index contributed by atoms with van der Waals surface area (Å²) in [6, 6.07) is 9.63. The Kier molecular flexibility index (Phi) is 4.82. The molecule has 25 heavy (non-hydrogen) atoms. The second kappa shape index (κ2) is 7.20. The number of fused-ring (bicyclic) bond motifs is 1. The summed E-state index contributed by atoms with van der Waals surface area (Å²) < 4.78 is 1.10. The van der Waals surface area contributed by atoms with E-state index in [1.54, 1.807) is 31.6 Å². The van der Waals surface area contributed by atoms with Gasteiger partial charge < -0.3 is 16.0 Å². The molecule has 0 atom stereocenters. The van der Waals surface area contributed by atoms with Gasteiger partial charge >= 0.3 is 6.03 Å². The number of thiazole rings is 1. The van der Waals surface area contributed by atoms with Crippen LogP contribution < -0.4 is 11.1 Å². The normalized spacial score (nSPS) is 10.2. The molecule has 6 nitrogen and oxygen atoms in total. The molecular formula is C18H17N5OS. The third-order valence-electron chi connectivity index (χ3n) is 3.41. The number of para-hydroxylation sites is 1. The van der Waals surface area contributed by atoms with Crippen molar-refractivity contribution in [2.75, 3.05) is 26.4 Å². The van der Waals surface area contributed by atoms with E-state index >= 15 is 0 Å². The van der Waals surface area contributed by atoms with Gasteiger partial charge in [-0.2, -0.15) is 0 Å². The number of nitrogens with zero attached hydrogens (tertiary/aromatic N) is 3. The van der Waals surface area contributed by atoms with Crippen molar-refractivity contribution in [3.63, 3.8) is 0 Å². The van der Waals surface area contributed by atoms with E-state index in [2.05, 4.69) is 27.1 Å². The number of nitrogen functional groups attached to an aromatic ring is 1. The van der Waals surface area contributed by atoms with E-state index in [-0.39, 0.29) is 12.6 Å². The Labute approximate surface area is 149 Å². The van der Waals surface area contributed by atoms with E-state index in [1.165, 1.54) is 4.90 Å². The van der Waals surface area contributed by atoms with Crippen LogP contribution in [0.1, 0.15) is 5.56 Å². The number of aromatic nitrogens is 2. The fraction of sp³-hybridized carbons (Fsp3) is 0.167. The summed E-state index contributed by atoms with van der Waals surface area (Å²) in [6.45, 7) is 0.262. The van der Waals surface area contributed by atoms with Gasteiger partial charge in [0, 0.05) is 25.9 Å². The summed E-state index contributed by atoms with van der Waals surface area (Å²) in [5.41, 5.74) is 8.44. The number of carbonyl (C=O) groups excluding carboxylic acids is 1. The molecule has 0 saturated carbocycles. The molecule has 2 amide bonds. The molecule has 2 heterocycles. The van der Waals surface area contributed by atoms with Gasteiger partial charge in [0.15, 0.2) is 0 Å². The van der Waals surface area contributed by atoms with E-state index in [4.69, 9.17) is 5.73 Å².